The topological polar surface area (TPSA) is 18.5 Å². The van der Waals surface area contributed by atoms with Gasteiger partial charge >= 0.3 is 0 Å². The van der Waals surface area contributed by atoms with E-state index in [0.717, 1.165) is 13.1 Å². The van der Waals surface area contributed by atoms with Gasteiger partial charge in [0.25, 0.3) is 0 Å². The molecule has 1 N–H and O–H groups in total. The molecule has 0 radical (unpaired) electrons. The van der Waals surface area contributed by atoms with Crippen LogP contribution in [0, 0.1) is 0 Å². The zero-order valence-electron chi connectivity index (χ0n) is 12.7. The lowest BCUT2D eigenvalue weighted by molar-refractivity contribution is 0.0598. The van der Waals surface area contributed by atoms with Gasteiger partial charge in [0.2, 0.25) is 0 Å². The summed E-state index contributed by atoms with van der Waals surface area (Å²) in [6.45, 7) is 2.05. The Morgan fingerprint density at radius 3 is 2.11 bits per heavy atom. The van der Waals surface area contributed by atoms with Crippen LogP contribution in [0.2, 0.25) is 0 Å². The van der Waals surface area contributed by atoms with Crippen LogP contribution in [0.3, 0.4) is 0 Å². The minimum absolute atomic E-state index is 0.406. The third-order valence-electron chi connectivity index (χ3n) is 4.47. The summed E-state index contributed by atoms with van der Waals surface area (Å²) in [5.74, 6) is 0. The third kappa shape index (κ3) is 3.28. The van der Waals surface area contributed by atoms with Crippen LogP contribution in [0.1, 0.15) is 24.8 Å². The molecule has 1 aromatic rings. The first kappa shape index (κ1) is 14.4. The van der Waals surface area contributed by atoms with E-state index in [2.05, 4.69) is 67.6 Å². The number of benzene rings is 1. The SMILES string of the molecule is CN(C)c1ccc(CNCC2(N(C)C)CCC2)cc1. The normalized spacial score (nSPS) is 17.3. The predicted molar refractivity (Wildman–Crippen MR) is 82.7 cm³/mol. The van der Waals surface area contributed by atoms with Crippen molar-refractivity contribution in [2.24, 2.45) is 0 Å². The zero-order chi connectivity index (χ0) is 13.9. The molecule has 1 fully saturated rings. The van der Waals surface area contributed by atoms with Gasteiger partial charge in [-0.05, 0) is 51.1 Å². The Balaban J connectivity index is 1.82. The molecule has 0 bridgehead atoms. The molecule has 3 nitrogen and oxygen atoms in total. The molecule has 0 heterocycles. The first-order valence-corrected chi connectivity index (χ1v) is 7.18. The summed E-state index contributed by atoms with van der Waals surface area (Å²) >= 11 is 0. The minimum Gasteiger partial charge on any atom is -0.378 e. The van der Waals surface area contributed by atoms with Gasteiger partial charge in [0.15, 0.2) is 0 Å². The fourth-order valence-electron chi connectivity index (χ4n) is 2.72. The summed E-state index contributed by atoms with van der Waals surface area (Å²) in [5.41, 5.74) is 3.02. The van der Waals surface area contributed by atoms with Crippen LogP contribution in [-0.2, 0) is 6.54 Å². The van der Waals surface area contributed by atoms with Gasteiger partial charge in [0, 0.05) is 38.4 Å². The highest BCUT2D eigenvalue weighted by Gasteiger charge is 2.38. The molecule has 3 heteroatoms. The van der Waals surface area contributed by atoms with E-state index < -0.39 is 0 Å². The second-order valence-electron chi connectivity index (χ2n) is 6.14. The lowest BCUT2D eigenvalue weighted by atomic mass is 9.75. The number of rotatable bonds is 6. The van der Waals surface area contributed by atoms with Gasteiger partial charge in [0.1, 0.15) is 0 Å². The van der Waals surface area contributed by atoms with Crippen LogP contribution < -0.4 is 10.2 Å². The minimum atomic E-state index is 0.406. The smallest absolute Gasteiger partial charge is 0.0361 e. The summed E-state index contributed by atoms with van der Waals surface area (Å²) in [4.78, 5) is 4.52. The molecular weight excluding hydrogens is 234 g/mol. The Kier molecular flexibility index (Phi) is 4.48. The van der Waals surface area contributed by atoms with Crippen LogP contribution in [0.4, 0.5) is 5.69 Å². The number of anilines is 1. The molecule has 0 atom stereocenters. The standard InChI is InChI=1S/C16H27N3/c1-18(2)15-8-6-14(7-9-15)12-17-13-16(19(3)4)10-5-11-16/h6-9,17H,5,10-13H2,1-4H3. The Bertz CT molecular complexity index is 391. The lowest BCUT2D eigenvalue weighted by Crippen LogP contribution is -2.56. The van der Waals surface area contributed by atoms with E-state index in [1.54, 1.807) is 0 Å². The number of hydrogen-bond donors (Lipinski definition) is 1. The average molecular weight is 261 g/mol. The van der Waals surface area contributed by atoms with Crippen LogP contribution in [0.25, 0.3) is 0 Å². The summed E-state index contributed by atoms with van der Waals surface area (Å²) < 4.78 is 0. The second kappa shape index (κ2) is 5.93. The highest BCUT2D eigenvalue weighted by Crippen LogP contribution is 2.35. The van der Waals surface area contributed by atoms with Gasteiger partial charge in [-0.3, -0.25) is 0 Å². The van der Waals surface area contributed by atoms with Crippen molar-refractivity contribution in [2.45, 2.75) is 31.3 Å². The Labute approximate surface area is 117 Å². The van der Waals surface area contributed by atoms with E-state index in [1.165, 1.54) is 30.5 Å². The Morgan fingerprint density at radius 2 is 1.68 bits per heavy atom. The van der Waals surface area contributed by atoms with Gasteiger partial charge in [-0.1, -0.05) is 12.1 Å². The summed E-state index contributed by atoms with van der Waals surface area (Å²) in [6, 6.07) is 8.79. The van der Waals surface area contributed by atoms with Crippen molar-refractivity contribution in [3.63, 3.8) is 0 Å². The first-order valence-electron chi connectivity index (χ1n) is 7.18. The lowest BCUT2D eigenvalue weighted by Gasteiger charge is -2.47. The maximum Gasteiger partial charge on any atom is 0.0361 e. The molecule has 0 unspecified atom stereocenters. The number of likely N-dealkylation sites (N-methyl/N-ethyl adjacent to an activating group) is 1. The van der Waals surface area contributed by atoms with E-state index in [-0.39, 0.29) is 0 Å². The third-order valence-corrected chi connectivity index (χ3v) is 4.47. The molecule has 0 saturated heterocycles. The molecule has 0 amide bonds. The Morgan fingerprint density at radius 1 is 1.05 bits per heavy atom. The van der Waals surface area contributed by atoms with Gasteiger partial charge in [-0.15, -0.1) is 0 Å². The molecule has 1 aliphatic rings. The van der Waals surface area contributed by atoms with Gasteiger partial charge in [-0.25, -0.2) is 0 Å². The van der Waals surface area contributed by atoms with Crippen molar-refractivity contribution in [3.05, 3.63) is 29.8 Å². The molecule has 0 aliphatic heterocycles. The van der Waals surface area contributed by atoms with E-state index in [0.29, 0.717) is 5.54 Å². The maximum absolute atomic E-state index is 3.62. The summed E-state index contributed by atoms with van der Waals surface area (Å²) in [6.07, 6.45) is 4.02. The highest BCUT2D eigenvalue weighted by molar-refractivity contribution is 5.45. The monoisotopic (exact) mass is 261 g/mol. The largest absolute Gasteiger partial charge is 0.378 e. The zero-order valence-corrected chi connectivity index (χ0v) is 12.7. The van der Waals surface area contributed by atoms with Crippen molar-refractivity contribution in [1.82, 2.24) is 10.2 Å². The number of nitrogens with one attached hydrogen (secondary N) is 1. The molecular formula is C16H27N3. The molecule has 106 valence electrons. The Hall–Kier alpha value is -1.06. The van der Waals surface area contributed by atoms with Crippen molar-refractivity contribution < 1.29 is 0 Å². The maximum atomic E-state index is 3.62. The molecule has 0 spiro atoms. The van der Waals surface area contributed by atoms with Crippen molar-refractivity contribution >= 4 is 5.69 Å². The summed E-state index contributed by atoms with van der Waals surface area (Å²) in [5, 5.41) is 3.62. The van der Waals surface area contributed by atoms with E-state index >= 15 is 0 Å². The summed E-state index contributed by atoms with van der Waals surface area (Å²) in [7, 11) is 8.55. The fourth-order valence-corrected chi connectivity index (χ4v) is 2.72. The van der Waals surface area contributed by atoms with Crippen molar-refractivity contribution in [2.75, 3.05) is 39.6 Å². The molecule has 19 heavy (non-hydrogen) atoms. The van der Waals surface area contributed by atoms with Crippen LogP contribution in [0.5, 0.6) is 0 Å². The highest BCUT2D eigenvalue weighted by atomic mass is 15.2. The second-order valence-corrected chi connectivity index (χ2v) is 6.14. The molecule has 1 aliphatic carbocycles. The number of nitrogens with zero attached hydrogens (tertiary/aromatic N) is 2. The molecule has 0 aromatic heterocycles. The quantitative estimate of drug-likeness (QED) is 0.848. The van der Waals surface area contributed by atoms with Gasteiger partial charge < -0.3 is 15.1 Å². The van der Waals surface area contributed by atoms with Crippen LogP contribution in [-0.4, -0.2) is 45.2 Å². The number of hydrogen-bond acceptors (Lipinski definition) is 3. The first-order chi connectivity index (χ1) is 9.03. The predicted octanol–water partition coefficient (Wildman–Crippen LogP) is 2.33. The molecule has 2 rings (SSSR count). The van der Waals surface area contributed by atoms with Crippen molar-refractivity contribution in [3.8, 4) is 0 Å². The van der Waals surface area contributed by atoms with Gasteiger partial charge in [-0.2, -0.15) is 0 Å². The fraction of sp³-hybridized carbons (Fsp3) is 0.625. The molecule has 1 aromatic carbocycles. The van der Waals surface area contributed by atoms with E-state index in [9.17, 15) is 0 Å². The van der Waals surface area contributed by atoms with E-state index in [1.807, 2.05) is 0 Å². The molecule has 1 saturated carbocycles. The van der Waals surface area contributed by atoms with Crippen LogP contribution in [0.15, 0.2) is 24.3 Å². The van der Waals surface area contributed by atoms with Crippen LogP contribution >= 0.6 is 0 Å². The van der Waals surface area contributed by atoms with E-state index in [4.69, 9.17) is 0 Å². The van der Waals surface area contributed by atoms with Gasteiger partial charge in [0.05, 0.1) is 0 Å². The average Bonchev–Trinajstić information content (AvgIpc) is 2.32. The van der Waals surface area contributed by atoms with Crippen molar-refractivity contribution in [1.29, 1.82) is 0 Å².